The number of aryl methyl sites for hydroxylation is 1. The smallest absolute Gasteiger partial charge is 0.223 e. The van der Waals surface area contributed by atoms with E-state index in [1.54, 1.807) is 6.92 Å². The number of hydrogen-bond donors (Lipinski definition) is 1. The zero-order valence-electron chi connectivity index (χ0n) is 10.6. The maximum Gasteiger partial charge on any atom is 0.223 e. The summed E-state index contributed by atoms with van der Waals surface area (Å²) < 4.78 is 10.5. The number of ether oxygens (including phenoxy) is 1. The summed E-state index contributed by atoms with van der Waals surface area (Å²) in [6, 6.07) is 7.98. The number of nitrogens with one attached hydrogen (secondary N) is 1. The summed E-state index contributed by atoms with van der Waals surface area (Å²) in [5.41, 5.74) is 1.12. The molecule has 0 bridgehead atoms. The van der Waals surface area contributed by atoms with Crippen LogP contribution in [0.2, 0.25) is 0 Å². The van der Waals surface area contributed by atoms with Gasteiger partial charge >= 0.3 is 0 Å². The third kappa shape index (κ3) is 3.30. The summed E-state index contributed by atoms with van der Waals surface area (Å²) in [6.45, 7) is 5.72. The van der Waals surface area contributed by atoms with E-state index in [1.165, 1.54) is 0 Å². The first kappa shape index (κ1) is 12.6. The number of rotatable bonds is 6. The quantitative estimate of drug-likeness (QED) is 0.846. The molecule has 0 unspecified atom stereocenters. The molecule has 2 rings (SSSR count). The number of para-hydroxylation sites is 1. The van der Waals surface area contributed by atoms with Gasteiger partial charge in [-0.3, -0.25) is 0 Å². The molecule has 5 heteroatoms. The molecular weight excluding hydrogens is 230 g/mol. The van der Waals surface area contributed by atoms with E-state index in [0.717, 1.165) is 11.3 Å². The van der Waals surface area contributed by atoms with Crippen LogP contribution in [-0.2, 0) is 13.1 Å². The van der Waals surface area contributed by atoms with Gasteiger partial charge in [0, 0.05) is 19.0 Å². The van der Waals surface area contributed by atoms with Gasteiger partial charge in [0.15, 0.2) is 5.82 Å². The van der Waals surface area contributed by atoms with Gasteiger partial charge in [-0.25, -0.2) is 0 Å². The van der Waals surface area contributed by atoms with Gasteiger partial charge < -0.3 is 14.6 Å². The van der Waals surface area contributed by atoms with Crippen molar-refractivity contribution in [3.05, 3.63) is 41.5 Å². The predicted molar refractivity (Wildman–Crippen MR) is 67.2 cm³/mol. The highest BCUT2D eigenvalue weighted by Gasteiger charge is 2.04. The monoisotopic (exact) mass is 247 g/mol. The van der Waals surface area contributed by atoms with E-state index in [1.807, 2.05) is 31.2 Å². The lowest BCUT2D eigenvalue weighted by molar-refractivity contribution is 0.335. The van der Waals surface area contributed by atoms with Crippen molar-refractivity contribution in [2.75, 3.05) is 6.61 Å². The molecule has 1 heterocycles. The molecular formula is C13H17N3O2. The first-order valence-electron chi connectivity index (χ1n) is 6.00. The van der Waals surface area contributed by atoms with Crippen molar-refractivity contribution < 1.29 is 9.26 Å². The van der Waals surface area contributed by atoms with Gasteiger partial charge in [0.2, 0.25) is 5.89 Å². The lowest BCUT2D eigenvalue weighted by Crippen LogP contribution is -2.14. The Morgan fingerprint density at radius 2 is 2.11 bits per heavy atom. The van der Waals surface area contributed by atoms with Crippen molar-refractivity contribution in [3.8, 4) is 5.75 Å². The van der Waals surface area contributed by atoms with Crippen LogP contribution in [0.25, 0.3) is 0 Å². The molecule has 0 spiro atoms. The summed E-state index contributed by atoms with van der Waals surface area (Å²) >= 11 is 0. The summed E-state index contributed by atoms with van der Waals surface area (Å²) in [4.78, 5) is 4.13. The number of nitrogens with zero attached hydrogens (tertiary/aromatic N) is 2. The highest BCUT2D eigenvalue weighted by molar-refractivity contribution is 5.33. The first-order valence-corrected chi connectivity index (χ1v) is 6.00. The van der Waals surface area contributed by atoms with E-state index < -0.39 is 0 Å². The zero-order valence-corrected chi connectivity index (χ0v) is 10.6. The van der Waals surface area contributed by atoms with Crippen LogP contribution in [0.1, 0.15) is 24.2 Å². The zero-order chi connectivity index (χ0) is 12.8. The van der Waals surface area contributed by atoms with Gasteiger partial charge in [-0.15, -0.1) is 0 Å². The number of benzene rings is 1. The molecule has 1 aromatic heterocycles. The van der Waals surface area contributed by atoms with E-state index in [0.29, 0.717) is 31.4 Å². The second-order valence-electron chi connectivity index (χ2n) is 3.87. The van der Waals surface area contributed by atoms with Crippen LogP contribution in [0.5, 0.6) is 5.75 Å². The van der Waals surface area contributed by atoms with Crippen molar-refractivity contribution in [3.63, 3.8) is 0 Å². The SMILES string of the molecule is CCOc1ccccc1CNCc1noc(C)n1. The second-order valence-corrected chi connectivity index (χ2v) is 3.87. The third-order valence-corrected chi connectivity index (χ3v) is 2.44. The molecule has 5 nitrogen and oxygen atoms in total. The lowest BCUT2D eigenvalue weighted by Gasteiger charge is -2.09. The van der Waals surface area contributed by atoms with Gasteiger partial charge in [-0.05, 0) is 13.0 Å². The Morgan fingerprint density at radius 3 is 2.83 bits per heavy atom. The van der Waals surface area contributed by atoms with Crippen LogP contribution < -0.4 is 10.1 Å². The minimum atomic E-state index is 0.581. The minimum absolute atomic E-state index is 0.581. The lowest BCUT2D eigenvalue weighted by atomic mass is 10.2. The molecule has 2 aromatic rings. The Bertz CT molecular complexity index is 496. The van der Waals surface area contributed by atoms with Crippen molar-refractivity contribution in [2.45, 2.75) is 26.9 Å². The summed E-state index contributed by atoms with van der Waals surface area (Å²) in [5, 5.41) is 7.09. The van der Waals surface area contributed by atoms with Gasteiger partial charge in [-0.2, -0.15) is 4.98 Å². The highest BCUT2D eigenvalue weighted by atomic mass is 16.5. The minimum Gasteiger partial charge on any atom is -0.494 e. The molecule has 0 amide bonds. The Morgan fingerprint density at radius 1 is 1.28 bits per heavy atom. The Labute approximate surface area is 106 Å². The Hall–Kier alpha value is -1.88. The largest absolute Gasteiger partial charge is 0.494 e. The standard InChI is InChI=1S/C13H17N3O2/c1-3-17-12-7-5-4-6-11(12)8-14-9-13-15-10(2)18-16-13/h4-7,14H,3,8-9H2,1-2H3. The molecule has 0 saturated carbocycles. The fourth-order valence-corrected chi connectivity index (χ4v) is 1.67. The average Bonchev–Trinajstić information content (AvgIpc) is 2.78. The average molecular weight is 247 g/mol. The van der Waals surface area contributed by atoms with Crippen molar-refractivity contribution in [1.29, 1.82) is 0 Å². The van der Waals surface area contributed by atoms with E-state index in [2.05, 4.69) is 15.5 Å². The van der Waals surface area contributed by atoms with Gasteiger partial charge in [0.1, 0.15) is 5.75 Å². The van der Waals surface area contributed by atoms with Crippen molar-refractivity contribution in [1.82, 2.24) is 15.5 Å². The van der Waals surface area contributed by atoms with Crippen LogP contribution in [0.4, 0.5) is 0 Å². The molecule has 0 fully saturated rings. The van der Waals surface area contributed by atoms with Crippen molar-refractivity contribution in [2.24, 2.45) is 0 Å². The van der Waals surface area contributed by atoms with E-state index in [4.69, 9.17) is 9.26 Å². The summed E-state index contributed by atoms with van der Waals surface area (Å²) in [5.74, 6) is 2.17. The molecule has 0 saturated heterocycles. The van der Waals surface area contributed by atoms with Crippen LogP contribution in [0.15, 0.2) is 28.8 Å². The van der Waals surface area contributed by atoms with E-state index in [9.17, 15) is 0 Å². The molecule has 1 aromatic carbocycles. The van der Waals surface area contributed by atoms with Gasteiger partial charge in [0.25, 0.3) is 0 Å². The van der Waals surface area contributed by atoms with Crippen LogP contribution in [0.3, 0.4) is 0 Å². The van der Waals surface area contributed by atoms with Crippen LogP contribution in [0, 0.1) is 6.92 Å². The summed E-state index contributed by atoms with van der Waals surface area (Å²) in [7, 11) is 0. The predicted octanol–water partition coefficient (Wildman–Crippen LogP) is 2.07. The second kappa shape index (κ2) is 6.16. The fourth-order valence-electron chi connectivity index (χ4n) is 1.67. The highest BCUT2D eigenvalue weighted by Crippen LogP contribution is 2.17. The van der Waals surface area contributed by atoms with E-state index in [-0.39, 0.29) is 0 Å². The molecule has 0 aliphatic rings. The normalized spacial score (nSPS) is 10.6. The molecule has 0 aliphatic heterocycles. The molecule has 0 radical (unpaired) electrons. The maximum atomic E-state index is 5.55. The Balaban J connectivity index is 1.89. The molecule has 1 N–H and O–H groups in total. The number of aromatic nitrogens is 2. The van der Waals surface area contributed by atoms with Crippen LogP contribution in [-0.4, -0.2) is 16.7 Å². The van der Waals surface area contributed by atoms with Crippen molar-refractivity contribution >= 4 is 0 Å². The van der Waals surface area contributed by atoms with Gasteiger partial charge in [-0.1, -0.05) is 23.4 Å². The third-order valence-electron chi connectivity index (χ3n) is 2.44. The first-order chi connectivity index (χ1) is 8.79. The summed E-state index contributed by atoms with van der Waals surface area (Å²) in [6.07, 6.45) is 0. The maximum absolute atomic E-state index is 5.55. The van der Waals surface area contributed by atoms with E-state index >= 15 is 0 Å². The topological polar surface area (TPSA) is 60.2 Å². The molecule has 18 heavy (non-hydrogen) atoms. The molecule has 0 atom stereocenters. The molecule has 0 aliphatic carbocycles. The van der Waals surface area contributed by atoms with Crippen LogP contribution >= 0.6 is 0 Å². The van der Waals surface area contributed by atoms with Gasteiger partial charge in [0.05, 0.1) is 13.2 Å². The fraction of sp³-hybridized carbons (Fsp3) is 0.385. The molecule has 96 valence electrons. The number of hydrogen-bond acceptors (Lipinski definition) is 5. The Kier molecular flexibility index (Phi) is 4.30.